The number of benzene rings is 1. The number of imide groups is 1. The first-order valence-corrected chi connectivity index (χ1v) is 9.85. The number of rotatable bonds is 5. The monoisotopic (exact) mass is 371 g/mol. The standard InChI is InChI=1S/C18H17N3O2S2/c1-11-15(24-10-19-11)6-8-21-7-5-13-12(3-2-4-14(13)21)9-16-17(22)20-18(23)25-16/h2-5,7,10,16H,6,8-9H2,1H3,(H,20,22,23). The quantitative estimate of drug-likeness (QED) is 0.745. The van der Waals surface area contributed by atoms with E-state index in [1.54, 1.807) is 11.3 Å². The van der Waals surface area contributed by atoms with E-state index in [9.17, 15) is 9.59 Å². The van der Waals surface area contributed by atoms with Gasteiger partial charge in [0, 0.05) is 34.9 Å². The zero-order valence-corrected chi connectivity index (χ0v) is 15.3. The normalized spacial score (nSPS) is 17.4. The van der Waals surface area contributed by atoms with Crippen LogP contribution in [0.5, 0.6) is 0 Å². The molecule has 2 aromatic heterocycles. The fraction of sp³-hybridized carbons (Fsp3) is 0.278. The smallest absolute Gasteiger partial charge is 0.286 e. The van der Waals surface area contributed by atoms with Crippen molar-refractivity contribution in [2.45, 2.75) is 31.6 Å². The van der Waals surface area contributed by atoms with Crippen LogP contribution < -0.4 is 5.32 Å². The van der Waals surface area contributed by atoms with Crippen LogP contribution in [0.4, 0.5) is 4.79 Å². The third-order valence-electron chi connectivity index (χ3n) is 4.50. The van der Waals surface area contributed by atoms with Crippen LogP contribution in [0.15, 0.2) is 36.0 Å². The molecular weight excluding hydrogens is 354 g/mol. The van der Waals surface area contributed by atoms with E-state index in [-0.39, 0.29) is 16.4 Å². The van der Waals surface area contributed by atoms with Gasteiger partial charge in [-0.3, -0.25) is 14.9 Å². The number of thioether (sulfide) groups is 1. The Hall–Kier alpha value is -2.12. The minimum atomic E-state index is -0.332. The minimum absolute atomic E-state index is 0.188. The molecule has 1 fully saturated rings. The molecule has 1 aliphatic rings. The number of hydrogen-bond acceptors (Lipinski definition) is 5. The summed E-state index contributed by atoms with van der Waals surface area (Å²) >= 11 is 2.78. The molecule has 0 bridgehead atoms. The highest BCUT2D eigenvalue weighted by atomic mass is 32.2. The van der Waals surface area contributed by atoms with Gasteiger partial charge in [-0.15, -0.1) is 11.3 Å². The second-order valence-electron chi connectivity index (χ2n) is 6.06. The first-order chi connectivity index (χ1) is 12.1. The Morgan fingerprint density at radius 2 is 2.16 bits per heavy atom. The van der Waals surface area contributed by atoms with Crippen LogP contribution in [0.2, 0.25) is 0 Å². The van der Waals surface area contributed by atoms with Gasteiger partial charge in [0.2, 0.25) is 5.91 Å². The minimum Gasteiger partial charge on any atom is -0.347 e. The average molecular weight is 371 g/mol. The van der Waals surface area contributed by atoms with Crippen molar-refractivity contribution in [1.29, 1.82) is 0 Å². The van der Waals surface area contributed by atoms with Gasteiger partial charge in [-0.2, -0.15) is 0 Å². The van der Waals surface area contributed by atoms with E-state index in [1.165, 1.54) is 4.88 Å². The van der Waals surface area contributed by atoms with Gasteiger partial charge in [0.25, 0.3) is 5.24 Å². The van der Waals surface area contributed by atoms with Crippen LogP contribution in [-0.2, 0) is 24.2 Å². The topological polar surface area (TPSA) is 64.0 Å². The number of nitrogens with zero attached hydrogens (tertiary/aromatic N) is 2. The average Bonchev–Trinajstić information content (AvgIpc) is 3.26. The third kappa shape index (κ3) is 3.21. The lowest BCUT2D eigenvalue weighted by Gasteiger charge is -2.09. The molecule has 0 spiro atoms. The summed E-state index contributed by atoms with van der Waals surface area (Å²) in [5.74, 6) is -0.188. The van der Waals surface area contributed by atoms with E-state index in [0.717, 1.165) is 46.9 Å². The maximum Gasteiger partial charge on any atom is 0.286 e. The van der Waals surface area contributed by atoms with E-state index in [2.05, 4.69) is 33.2 Å². The van der Waals surface area contributed by atoms with E-state index < -0.39 is 0 Å². The summed E-state index contributed by atoms with van der Waals surface area (Å²) in [6, 6.07) is 8.26. The number of aryl methyl sites for hydroxylation is 3. The lowest BCUT2D eigenvalue weighted by molar-refractivity contribution is -0.118. The van der Waals surface area contributed by atoms with Gasteiger partial charge < -0.3 is 4.57 Å². The third-order valence-corrected chi connectivity index (χ3v) is 6.48. The van der Waals surface area contributed by atoms with Crippen LogP contribution in [0.3, 0.4) is 0 Å². The Balaban J connectivity index is 1.56. The first-order valence-electron chi connectivity index (χ1n) is 8.09. The molecule has 0 saturated carbocycles. The molecule has 4 rings (SSSR count). The fourth-order valence-corrected chi connectivity index (χ4v) is 4.79. The lowest BCUT2D eigenvalue weighted by atomic mass is 10.0. The number of carbonyl (C=O) groups excluding carboxylic acids is 2. The van der Waals surface area contributed by atoms with Gasteiger partial charge in [-0.05, 0) is 31.0 Å². The highest BCUT2D eigenvalue weighted by molar-refractivity contribution is 8.15. The molecule has 3 aromatic rings. The molecule has 1 saturated heterocycles. The van der Waals surface area contributed by atoms with Gasteiger partial charge in [0.15, 0.2) is 0 Å². The van der Waals surface area contributed by atoms with Crippen LogP contribution >= 0.6 is 23.1 Å². The molecule has 3 heterocycles. The highest BCUT2D eigenvalue weighted by Gasteiger charge is 2.31. The Kier molecular flexibility index (Phi) is 4.35. The molecule has 0 radical (unpaired) electrons. The van der Waals surface area contributed by atoms with Crippen molar-refractivity contribution < 1.29 is 9.59 Å². The zero-order chi connectivity index (χ0) is 17.4. The summed E-state index contributed by atoms with van der Waals surface area (Å²) in [6.07, 6.45) is 3.62. The van der Waals surface area contributed by atoms with Crippen LogP contribution in [0, 0.1) is 6.92 Å². The number of amides is 2. The Labute approximate surface area is 153 Å². The summed E-state index contributed by atoms with van der Waals surface area (Å²) in [5, 5.41) is 2.92. The van der Waals surface area contributed by atoms with Crippen molar-refractivity contribution in [3.8, 4) is 0 Å². The highest BCUT2D eigenvalue weighted by Crippen LogP contribution is 2.28. The maximum atomic E-state index is 11.8. The van der Waals surface area contributed by atoms with Gasteiger partial charge in [-0.25, -0.2) is 4.98 Å². The SMILES string of the molecule is Cc1ncsc1CCn1ccc2c(CC3SC(=O)NC3=O)cccc21. The molecule has 1 unspecified atom stereocenters. The van der Waals surface area contributed by atoms with Crippen molar-refractivity contribution in [3.05, 3.63) is 52.1 Å². The number of carbonyl (C=O) groups is 2. The molecule has 1 aromatic carbocycles. The van der Waals surface area contributed by atoms with Gasteiger partial charge in [-0.1, -0.05) is 23.9 Å². The van der Waals surface area contributed by atoms with Crippen molar-refractivity contribution >= 4 is 45.1 Å². The van der Waals surface area contributed by atoms with Gasteiger partial charge >= 0.3 is 0 Å². The molecule has 25 heavy (non-hydrogen) atoms. The fourth-order valence-electron chi connectivity index (χ4n) is 3.18. The maximum absolute atomic E-state index is 11.8. The first kappa shape index (κ1) is 16.4. The van der Waals surface area contributed by atoms with Crippen LogP contribution in [0.25, 0.3) is 10.9 Å². The second-order valence-corrected chi connectivity index (χ2v) is 8.17. The molecule has 1 atom stereocenters. The van der Waals surface area contributed by atoms with Gasteiger partial charge in [0.1, 0.15) is 0 Å². The van der Waals surface area contributed by atoms with Crippen molar-refractivity contribution in [2.24, 2.45) is 0 Å². The Morgan fingerprint density at radius 1 is 1.28 bits per heavy atom. The molecular formula is C18H17N3O2S2. The number of thiazole rings is 1. The number of fused-ring (bicyclic) bond motifs is 1. The summed E-state index contributed by atoms with van der Waals surface area (Å²) < 4.78 is 2.24. The zero-order valence-electron chi connectivity index (χ0n) is 13.7. The number of aromatic nitrogens is 2. The second kappa shape index (κ2) is 6.65. The molecule has 1 aliphatic heterocycles. The number of nitrogens with one attached hydrogen (secondary N) is 1. The summed E-state index contributed by atoms with van der Waals surface area (Å²) in [6.45, 7) is 2.94. The van der Waals surface area contributed by atoms with Crippen LogP contribution in [-0.4, -0.2) is 25.9 Å². The van der Waals surface area contributed by atoms with Crippen molar-refractivity contribution in [3.63, 3.8) is 0 Å². The van der Waals surface area contributed by atoms with E-state index >= 15 is 0 Å². The molecule has 0 aliphatic carbocycles. The number of hydrogen-bond donors (Lipinski definition) is 1. The van der Waals surface area contributed by atoms with E-state index in [4.69, 9.17) is 0 Å². The van der Waals surface area contributed by atoms with Gasteiger partial charge in [0.05, 0.1) is 16.5 Å². The summed E-state index contributed by atoms with van der Waals surface area (Å²) in [7, 11) is 0. The van der Waals surface area contributed by atoms with E-state index in [0.29, 0.717) is 6.42 Å². The Bertz CT molecular complexity index is 960. The summed E-state index contributed by atoms with van der Waals surface area (Å²) in [5.41, 5.74) is 5.26. The van der Waals surface area contributed by atoms with E-state index in [1.807, 2.05) is 24.6 Å². The Morgan fingerprint density at radius 3 is 2.88 bits per heavy atom. The van der Waals surface area contributed by atoms with Crippen molar-refractivity contribution in [2.75, 3.05) is 0 Å². The molecule has 5 nitrogen and oxygen atoms in total. The lowest BCUT2D eigenvalue weighted by Crippen LogP contribution is -2.25. The summed E-state index contributed by atoms with van der Waals surface area (Å²) in [4.78, 5) is 28.8. The largest absolute Gasteiger partial charge is 0.347 e. The predicted molar refractivity (Wildman–Crippen MR) is 101 cm³/mol. The van der Waals surface area contributed by atoms with Crippen molar-refractivity contribution in [1.82, 2.24) is 14.9 Å². The molecule has 1 N–H and O–H groups in total. The molecule has 7 heteroatoms. The molecule has 128 valence electrons. The predicted octanol–water partition coefficient (Wildman–Crippen LogP) is 3.54. The van der Waals surface area contributed by atoms with Crippen LogP contribution in [0.1, 0.15) is 16.1 Å². The molecule has 2 amide bonds.